The van der Waals surface area contributed by atoms with Gasteiger partial charge < -0.3 is 14.8 Å². The van der Waals surface area contributed by atoms with E-state index in [1.165, 1.54) is 14.2 Å². The largest absolute Gasteiger partial charge is 0.493 e. The summed E-state index contributed by atoms with van der Waals surface area (Å²) in [5, 5.41) is 6.12. The second-order valence-electron chi connectivity index (χ2n) is 4.46. The van der Waals surface area contributed by atoms with Crippen molar-refractivity contribution in [2.24, 2.45) is 0 Å². The maximum atomic E-state index is 12.2. The van der Waals surface area contributed by atoms with Crippen molar-refractivity contribution in [2.45, 2.75) is 0 Å². The van der Waals surface area contributed by atoms with E-state index in [0.717, 1.165) is 0 Å². The summed E-state index contributed by atoms with van der Waals surface area (Å²) in [6, 6.07) is 11.9. The number of carbonyl (C=O) groups is 1. The van der Waals surface area contributed by atoms with Crippen LogP contribution >= 0.6 is 23.8 Å². The van der Waals surface area contributed by atoms with Gasteiger partial charge in [-0.1, -0.05) is 23.7 Å². The molecule has 2 rings (SSSR count). The molecular weight excluding hydrogens is 336 g/mol. The van der Waals surface area contributed by atoms with Gasteiger partial charge in [-0.05, 0) is 42.5 Å². The normalized spacial score (nSPS) is 9.87. The van der Waals surface area contributed by atoms with Crippen LogP contribution in [0.2, 0.25) is 5.02 Å². The van der Waals surface area contributed by atoms with Gasteiger partial charge in [0.2, 0.25) is 0 Å². The maximum absolute atomic E-state index is 12.2. The molecule has 0 aliphatic heterocycles. The second-order valence-corrected chi connectivity index (χ2v) is 5.27. The lowest BCUT2D eigenvalue weighted by atomic mass is 10.2. The van der Waals surface area contributed by atoms with E-state index in [4.69, 9.17) is 33.3 Å². The Morgan fingerprint density at radius 2 is 1.78 bits per heavy atom. The minimum Gasteiger partial charge on any atom is -0.493 e. The Morgan fingerprint density at radius 1 is 1.09 bits per heavy atom. The first-order chi connectivity index (χ1) is 11.0. The summed E-state index contributed by atoms with van der Waals surface area (Å²) in [4.78, 5) is 12.2. The number of rotatable bonds is 4. The van der Waals surface area contributed by atoms with E-state index < -0.39 is 0 Å². The molecule has 0 saturated carbocycles. The fourth-order valence-corrected chi connectivity index (χ4v) is 2.25. The van der Waals surface area contributed by atoms with Crippen molar-refractivity contribution in [1.29, 1.82) is 0 Å². The third-order valence-corrected chi connectivity index (χ3v) is 3.53. The predicted molar refractivity (Wildman–Crippen MR) is 94.7 cm³/mol. The van der Waals surface area contributed by atoms with Crippen LogP contribution in [0.5, 0.6) is 11.5 Å². The van der Waals surface area contributed by atoms with Crippen LogP contribution in [-0.2, 0) is 0 Å². The van der Waals surface area contributed by atoms with Gasteiger partial charge >= 0.3 is 0 Å². The maximum Gasteiger partial charge on any atom is 0.257 e. The summed E-state index contributed by atoms with van der Waals surface area (Å²) in [5.74, 6) is 0.640. The quantitative estimate of drug-likeness (QED) is 0.827. The number of nitrogens with one attached hydrogen (secondary N) is 2. The Kier molecular flexibility index (Phi) is 5.78. The Hall–Kier alpha value is -2.31. The number of halogens is 1. The molecule has 0 bridgehead atoms. The van der Waals surface area contributed by atoms with E-state index in [2.05, 4.69) is 10.6 Å². The average molecular weight is 351 g/mol. The lowest BCUT2D eigenvalue weighted by molar-refractivity contribution is 0.0977. The minimum absolute atomic E-state index is 0.151. The SMILES string of the molecule is COc1ccc(C(=O)NC(=S)Nc2ccccc2Cl)cc1OC. The van der Waals surface area contributed by atoms with Crippen LogP contribution in [0.15, 0.2) is 42.5 Å². The molecule has 0 aliphatic carbocycles. The first kappa shape index (κ1) is 17.1. The molecule has 2 N–H and O–H groups in total. The summed E-state index contributed by atoms with van der Waals surface area (Å²) in [6.07, 6.45) is 0. The van der Waals surface area contributed by atoms with Gasteiger partial charge in [0, 0.05) is 5.56 Å². The number of anilines is 1. The highest BCUT2D eigenvalue weighted by Gasteiger charge is 2.12. The summed E-state index contributed by atoms with van der Waals surface area (Å²) < 4.78 is 10.3. The average Bonchev–Trinajstić information content (AvgIpc) is 2.56. The molecular formula is C16H15ClN2O3S. The molecule has 0 atom stereocenters. The molecule has 0 fully saturated rings. The van der Waals surface area contributed by atoms with Gasteiger partial charge in [0.1, 0.15) is 0 Å². The fraction of sp³-hybridized carbons (Fsp3) is 0.125. The van der Waals surface area contributed by atoms with Crippen LogP contribution in [0.1, 0.15) is 10.4 Å². The van der Waals surface area contributed by atoms with E-state index in [-0.39, 0.29) is 11.0 Å². The van der Waals surface area contributed by atoms with Crippen LogP contribution in [0, 0.1) is 0 Å². The third kappa shape index (κ3) is 4.34. The van der Waals surface area contributed by atoms with E-state index in [1.54, 1.807) is 36.4 Å². The molecule has 0 unspecified atom stereocenters. The molecule has 2 aromatic carbocycles. The van der Waals surface area contributed by atoms with Gasteiger partial charge in [0.15, 0.2) is 16.6 Å². The van der Waals surface area contributed by atoms with Gasteiger partial charge in [0.25, 0.3) is 5.91 Å². The molecule has 2 aromatic rings. The molecule has 1 amide bonds. The monoisotopic (exact) mass is 350 g/mol. The Labute approximate surface area is 144 Å². The van der Waals surface area contributed by atoms with Crippen molar-refractivity contribution < 1.29 is 14.3 Å². The molecule has 0 spiro atoms. The molecule has 7 heteroatoms. The van der Waals surface area contributed by atoms with Crippen molar-refractivity contribution in [3.63, 3.8) is 0 Å². The summed E-state index contributed by atoms with van der Waals surface area (Å²) >= 11 is 11.2. The third-order valence-electron chi connectivity index (χ3n) is 2.99. The van der Waals surface area contributed by atoms with Crippen LogP contribution in [0.25, 0.3) is 0 Å². The minimum atomic E-state index is -0.365. The van der Waals surface area contributed by atoms with E-state index >= 15 is 0 Å². The van der Waals surface area contributed by atoms with Gasteiger partial charge in [0.05, 0.1) is 24.9 Å². The van der Waals surface area contributed by atoms with Crippen LogP contribution in [0.4, 0.5) is 5.69 Å². The topological polar surface area (TPSA) is 59.6 Å². The zero-order valence-electron chi connectivity index (χ0n) is 12.6. The zero-order valence-corrected chi connectivity index (χ0v) is 14.1. The number of methoxy groups -OCH3 is 2. The number of hydrogen-bond acceptors (Lipinski definition) is 4. The molecule has 23 heavy (non-hydrogen) atoms. The highest BCUT2D eigenvalue weighted by molar-refractivity contribution is 7.80. The first-order valence-electron chi connectivity index (χ1n) is 6.64. The summed E-state index contributed by atoms with van der Waals surface area (Å²) in [7, 11) is 3.03. The summed E-state index contributed by atoms with van der Waals surface area (Å²) in [5.41, 5.74) is 1.01. The smallest absolute Gasteiger partial charge is 0.257 e. The van der Waals surface area contributed by atoms with Crippen LogP contribution in [-0.4, -0.2) is 25.2 Å². The van der Waals surface area contributed by atoms with Crippen molar-refractivity contribution in [3.8, 4) is 11.5 Å². The Morgan fingerprint density at radius 3 is 2.43 bits per heavy atom. The van der Waals surface area contributed by atoms with Crippen LogP contribution < -0.4 is 20.1 Å². The van der Waals surface area contributed by atoms with E-state index in [9.17, 15) is 4.79 Å². The molecule has 0 aromatic heterocycles. The molecule has 120 valence electrons. The molecule has 0 aliphatic rings. The first-order valence-corrected chi connectivity index (χ1v) is 7.42. The summed E-state index contributed by atoms with van der Waals surface area (Å²) in [6.45, 7) is 0. The predicted octanol–water partition coefficient (Wildman–Crippen LogP) is 3.48. The number of thiocarbonyl (C=S) groups is 1. The molecule has 0 heterocycles. The standard InChI is InChI=1S/C16H15ClN2O3S/c1-21-13-8-7-10(9-14(13)22-2)15(20)19-16(23)18-12-6-4-3-5-11(12)17/h3-9H,1-2H3,(H2,18,19,20,23). The van der Waals surface area contributed by atoms with Crippen molar-refractivity contribution >= 4 is 40.5 Å². The number of carbonyl (C=O) groups excluding carboxylic acids is 1. The number of hydrogen-bond donors (Lipinski definition) is 2. The Balaban J connectivity index is 2.07. The zero-order chi connectivity index (χ0) is 16.8. The van der Waals surface area contributed by atoms with Gasteiger partial charge in [-0.2, -0.15) is 0 Å². The number of para-hydroxylation sites is 1. The number of ether oxygens (including phenoxy) is 2. The highest BCUT2D eigenvalue weighted by atomic mass is 35.5. The van der Waals surface area contributed by atoms with Crippen LogP contribution in [0.3, 0.4) is 0 Å². The molecule has 5 nitrogen and oxygen atoms in total. The van der Waals surface area contributed by atoms with Crippen molar-refractivity contribution in [2.75, 3.05) is 19.5 Å². The van der Waals surface area contributed by atoms with Gasteiger partial charge in [-0.3, -0.25) is 10.1 Å². The van der Waals surface area contributed by atoms with E-state index in [1.807, 2.05) is 6.07 Å². The van der Waals surface area contributed by atoms with E-state index in [0.29, 0.717) is 27.8 Å². The molecule has 0 radical (unpaired) electrons. The number of benzene rings is 2. The number of amides is 1. The molecule has 0 saturated heterocycles. The lowest BCUT2D eigenvalue weighted by Gasteiger charge is -2.12. The highest BCUT2D eigenvalue weighted by Crippen LogP contribution is 2.27. The van der Waals surface area contributed by atoms with Gasteiger partial charge in [-0.25, -0.2) is 0 Å². The van der Waals surface area contributed by atoms with Crippen molar-refractivity contribution in [1.82, 2.24) is 5.32 Å². The Bertz CT molecular complexity index is 737. The fourth-order valence-electron chi connectivity index (χ4n) is 1.87. The van der Waals surface area contributed by atoms with Crippen molar-refractivity contribution in [3.05, 3.63) is 53.1 Å². The lowest BCUT2D eigenvalue weighted by Crippen LogP contribution is -2.34. The second kappa shape index (κ2) is 7.80. The van der Waals surface area contributed by atoms with Gasteiger partial charge in [-0.15, -0.1) is 0 Å².